The maximum Gasteiger partial charge on any atom is 0.263 e. The van der Waals surface area contributed by atoms with Gasteiger partial charge in [-0.2, -0.15) is 8.78 Å². The van der Waals surface area contributed by atoms with E-state index in [1.165, 1.54) is 0 Å². The molecule has 0 spiro atoms. The molecule has 0 unspecified atom stereocenters. The molecule has 0 fully saturated rings. The van der Waals surface area contributed by atoms with E-state index in [1.54, 1.807) is 0 Å². The van der Waals surface area contributed by atoms with Gasteiger partial charge in [-0.25, -0.2) is 5.90 Å². The van der Waals surface area contributed by atoms with Gasteiger partial charge in [-0.1, -0.05) is 0 Å². The van der Waals surface area contributed by atoms with Crippen molar-refractivity contribution in [2.45, 2.75) is 0 Å². The Morgan fingerprint density at radius 3 is 1.50 bits per heavy atom. The summed E-state index contributed by atoms with van der Waals surface area (Å²) in [7, 11) is 0. The minimum atomic E-state index is -1.83. The van der Waals surface area contributed by atoms with Crippen LogP contribution < -0.4 is 5.90 Å². The van der Waals surface area contributed by atoms with Crippen LogP contribution in [0.15, 0.2) is 12.7 Å². The summed E-state index contributed by atoms with van der Waals surface area (Å²) in [4.78, 5) is 0. The Labute approximate surface area is 33.8 Å². The molecule has 0 radical (unpaired) electrons. The maximum absolute atomic E-state index is 10.1. The Morgan fingerprint density at radius 2 is 1.50 bits per heavy atom. The number of rotatable bonds is 0. The van der Waals surface area contributed by atoms with E-state index in [1.807, 2.05) is 0 Å². The van der Waals surface area contributed by atoms with Gasteiger partial charge in [0, 0.05) is 0 Å². The van der Waals surface area contributed by atoms with E-state index in [0.717, 1.165) is 0 Å². The third-order valence-corrected chi connectivity index (χ3v) is 0. The molecule has 0 aromatic heterocycles. The number of hydrogen-bond donors (Lipinski definition) is 2. The lowest BCUT2D eigenvalue weighted by atomic mass is 11.2. The molecule has 0 aliphatic carbocycles. The summed E-state index contributed by atoms with van der Waals surface area (Å²) >= 11 is 0. The molecule has 0 heterocycles. The van der Waals surface area contributed by atoms with E-state index in [-0.39, 0.29) is 0 Å². The van der Waals surface area contributed by atoms with Gasteiger partial charge in [0.1, 0.15) is 0 Å². The maximum atomic E-state index is 10.1. The molecule has 0 aliphatic rings. The zero-order valence-electron chi connectivity index (χ0n) is 2.99. The largest absolute Gasteiger partial charge is 0.320 e. The molecule has 0 aliphatic heterocycles. The first-order valence-corrected chi connectivity index (χ1v) is 0.990. The van der Waals surface area contributed by atoms with Crippen molar-refractivity contribution in [1.29, 1.82) is 0 Å². The highest BCUT2D eigenvalue weighted by molar-refractivity contribution is 4.57. The summed E-state index contributed by atoms with van der Waals surface area (Å²) in [6.45, 7) is 2.22. The SMILES string of the molecule is C=C(F)F.NO. The monoisotopic (exact) mass is 97.0 g/mol. The summed E-state index contributed by atoms with van der Waals surface area (Å²) in [5.41, 5.74) is 0. The van der Waals surface area contributed by atoms with E-state index >= 15 is 0 Å². The van der Waals surface area contributed by atoms with Gasteiger partial charge in [-0.3, -0.25) is 0 Å². The molecule has 0 rings (SSSR count). The second-order valence-electron chi connectivity index (χ2n) is 0.339. The predicted molar refractivity (Wildman–Crippen MR) is 17.3 cm³/mol. The van der Waals surface area contributed by atoms with E-state index < -0.39 is 6.08 Å². The normalized spacial score (nSPS) is 5.33. The van der Waals surface area contributed by atoms with Crippen LogP contribution in [-0.4, -0.2) is 5.21 Å². The van der Waals surface area contributed by atoms with Gasteiger partial charge >= 0.3 is 0 Å². The Bertz CT molecular complexity index is 34.5. The molecule has 0 amide bonds. The van der Waals surface area contributed by atoms with E-state index in [4.69, 9.17) is 5.21 Å². The van der Waals surface area contributed by atoms with Gasteiger partial charge in [0.2, 0.25) is 0 Å². The predicted octanol–water partition coefficient (Wildman–Crippen LogP) is 0.731. The van der Waals surface area contributed by atoms with Gasteiger partial charge in [-0.05, 0) is 6.58 Å². The quantitative estimate of drug-likeness (QED) is 0.438. The first-order chi connectivity index (χ1) is 2.73. The van der Waals surface area contributed by atoms with Crippen molar-refractivity contribution in [3.8, 4) is 0 Å². The van der Waals surface area contributed by atoms with Crippen molar-refractivity contribution < 1.29 is 14.0 Å². The van der Waals surface area contributed by atoms with Crippen molar-refractivity contribution in [1.82, 2.24) is 0 Å². The highest BCUT2D eigenvalue weighted by atomic mass is 19.3. The molecule has 4 heteroatoms. The minimum absolute atomic E-state index is 1.83. The smallest absolute Gasteiger partial charge is 0.263 e. The second-order valence-corrected chi connectivity index (χ2v) is 0.339. The Morgan fingerprint density at radius 1 is 1.50 bits per heavy atom. The third kappa shape index (κ3) is 97.0. The fourth-order valence-corrected chi connectivity index (χ4v) is 0. The topological polar surface area (TPSA) is 46.2 Å². The molecule has 2 nitrogen and oxygen atoms in total. The molecule has 0 saturated carbocycles. The summed E-state index contributed by atoms with van der Waals surface area (Å²) in [5, 5.41) is 6.50. The molecular weight excluding hydrogens is 92.0 g/mol. The van der Waals surface area contributed by atoms with Gasteiger partial charge < -0.3 is 5.21 Å². The van der Waals surface area contributed by atoms with Crippen LogP contribution in [-0.2, 0) is 0 Å². The number of nitrogens with two attached hydrogens (primary N) is 1. The van der Waals surface area contributed by atoms with Crippen LogP contribution in [0.4, 0.5) is 8.78 Å². The average molecular weight is 97.1 g/mol. The Hall–Kier alpha value is -0.480. The van der Waals surface area contributed by atoms with E-state index in [0.29, 0.717) is 0 Å². The van der Waals surface area contributed by atoms with E-state index in [9.17, 15) is 8.78 Å². The van der Waals surface area contributed by atoms with Crippen LogP contribution in [0.2, 0.25) is 0 Å². The van der Waals surface area contributed by atoms with Gasteiger partial charge in [0.25, 0.3) is 6.08 Å². The highest BCUT2D eigenvalue weighted by Gasteiger charge is 1.65. The van der Waals surface area contributed by atoms with Crippen molar-refractivity contribution in [3.05, 3.63) is 12.7 Å². The van der Waals surface area contributed by atoms with Gasteiger partial charge in [0.05, 0.1) is 0 Å². The molecular formula is C2H5F2NO. The zero-order valence-corrected chi connectivity index (χ0v) is 2.99. The van der Waals surface area contributed by atoms with Crippen molar-refractivity contribution in [2.24, 2.45) is 5.90 Å². The van der Waals surface area contributed by atoms with Gasteiger partial charge in [0.15, 0.2) is 0 Å². The van der Waals surface area contributed by atoms with Crippen LogP contribution in [0.1, 0.15) is 0 Å². The van der Waals surface area contributed by atoms with Crippen molar-refractivity contribution >= 4 is 0 Å². The molecule has 3 N–H and O–H groups in total. The lowest BCUT2D eigenvalue weighted by molar-refractivity contribution is 0.311. The summed E-state index contributed by atoms with van der Waals surface area (Å²) in [5.74, 6) is 3.50. The summed E-state index contributed by atoms with van der Waals surface area (Å²) in [6, 6.07) is 0. The molecule has 0 aromatic rings. The van der Waals surface area contributed by atoms with Crippen LogP contribution >= 0.6 is 0 Å². The fraction of sp³-hybridized carbons (Fsp3) is 0. The zero-order chi connectivity index (χ0) is 5.58. The average Bonchev–Trinajstić information content (AvgIpc) is 1.41. The van der Waals surface area contributed by atoms with Crippen LogP contribution in [0.5, 0.6) is 0 Å². The molecule has 0 bridgehead atoms. The molecule has 0 atom stereocenters. The first-order valence-electron chi connectivity index (χ1n) is 0.990. The van der Waals surface area contributed by atoms with Crippen molar-refractivity contribution in [3.63, 3.8) is 0 Å². The highest BCUT2D eigenvalue weighted by Crippen LogP contribution is 1.85. The molecule has 6 heavy (non-hydrogen) atoms. The number of halogens is 2. The molecule has 38 valence electrons. The second kappa shape index (κ2) is 8.82. The van der Waals surface area contributed by atoms with E-state index in [2.05, 4.69) is 12.5 Å². The minimum Gasteiger partial charge on any atom is -0.320 e. The van der Waals surface area contributed by atoms with Crippen molar-refractivity contribution in [2.75, 3.05) is 0 Å². The Balaban J connectivity index is 0. The molecule has 0 aromatic carbocycles. The molecule has 0 saturated heterocycles. The van der Waals surface area contributed by atoms with Crippen LogP contribution in [0.3, 0.4) is 0 Å². The summed E-state index contributed by atoms with van der Waals surface area (Å²) in [6.07, 6.45) is -1.83. The standard InChI is InChI=1S/C2H2F2.H3NO/c1-2(3)4;1-2/h1H2;2H,1H2. The first kappa shape index (κ1) is 9.10. The van der Waals surface area contributed by atoms with Gasteiger partial charge in [-0.15, -0.1) is 0 Å². The fourth-order valence-electron chi connectivity index (χ4n) is 0. The third-order valence-electron chi connectivity index (χ3n) is 0. The van der Waals surface area contributed by atoms with Crippen LogP contribution in [0, 0.1) is 0 Å². The lowest BCUT2D eigenvalue weighted by Crippen LogP contribution is -1.72. The Kier molecular flexibility index (Phi) is 13.4. The number of hydrogen-bond acceptors (Lipinski definition) is 2. The summed E-state index contributed by atoms with van der Waals surface area (Å²) < 4.78 is 20.3. The van der Waals surface area contributed by atoms with Crippen LogP contribution in [0.25, 0.3) is 0 Å². The lowest BCUT2D eigenvalue weighted by Gasteiger charge is -1.54.